The van der Waals surface area contributed by atoms with E-state index in [0.717, 1.165) is 19.5 Å². The van der Waals surface area contributed by atoms with E-state index in [1.165, 1.54) is 0 Å². The molecular weight excluding hydrogens is 292 g/mol. The molecule has 21 heavy (non-hydrogen) atoms. The zero-order chi connectivity index (χ0) is 14.9. The molecule has 0 saturated heterocycles. The fourth-order valence-corrected chi connectivity index (χ4v) is 1.98. The molecule has 1 unspecified atom stereocenters. The van der Waals surface area contributed by atoms with Crippen molar-refractivity contribution >= 4 is 11.6 Å². The van der Waals surface area contributed by atoms with Crippen LogP contribution in [0.1, 0.15) is 6.42 Å². The highest BCUT2D eigenvalue weighted by atomic mass is 35.5. The van der Waals surface area contributed by atoms with Crippen molar-refractivity contribution in [2.45, 2.75) is 19.1 Å². The molecule has 0 aliphatic heterocycles. The number of hydrogen-bond acceptors (Lipinski definition) is 5. The summed E-state index contributed by atoms with van der Waals surface area (Å²) in [5, 5.41) is 21.2. The van der Waals surface area contributed by atoms with Crippen LogP contribution in [0.5, 0.6) is 5.75 Å². The van der Waals surface area contributed by atoms with E-state index in [2.05, 4.69) is 15.6 Å². The van der Waals surface area contributed by atoms with E-state index in [1.54, 1.807) is 23.0 Å². The fourth-order valence-electron chi connectivity index (χ4n) is 1.79. The molecule has 114 valence electrons. The van der Waals surface area contributed by atoms with Crippen molar-refractivity contribution in [3.05, 3.63) is 41.7 Å². The van der Waals surface area contributed by atoms with Gasteiger partial charge in [0.15, 0.2) is 0 Å². The van der Waals surface area contributed by atoms with Crippen molar-refractivity contribution in [1.82, 2.24) is 20.3 Å². The van der Waals surface area contributed by atoms with Crippen LogP contribution in [-0.4, -0.2) is 45.9 Å². The summed E-state index contributed by atoms with van der Waals surface area (Å²) in [5.74, 6) is 0.587. The number of hydrogen-bond donors (Lipinski definition) is 2. The molecule has 0 bridgehead atoms. The van der Waals surface area contributed by atoms with Gasteiger partial charge >= 0.3 is 0 Å². The highest BCUT2D eigenvalue weighted by molar-refractivity contribution is 6.32. The highest BCUT2D eigenvalue weighted by Crippen LogP contribution is 2.22. The molecule has 0 amide bonds. The van der Waals surface area contributed by atoms with Crippen LogP contribution in [0.25, 0.3) is 0 Å². The molecule has 0 fully saturated rings. The topological polar surface area (TPSA) is 72.2 Å². The van der Waals surface area contributed by atoms with Crippen molar-refractivity contribution in [1.29, 1.82) is 0 Å². The largest absolute Gasteiger partial charge is 0.489 e. The van der Waals surface area contributed by atoms with Crippen molar-refractivity contribution in [2.75, 3.05) is 19.7 Å². The molecule has 0 spiro atoms. The third-order valence-corrected chi connectivity index (χ3v) is 3.17. The van der Waals surface area contributed by atoms with E-state index >= 15 is 0 Å². The third-order valence-electron chi connectivity index (χ3n) is 2.86. The number of nitrogens with one attached hydrogen (secondary N) is 1. The lowest BCUT2D eigenvalue weighted by Crippen LogP contribution is -2.32. The lowest BCUT2D eigenvalue weighted by molar-refractivity contribution is 0.106. The second-order valence-corrected chi connectivity index (χ2v) is 5.03. The Morgan fingerprint density at radius 3 is 3.00 bits per heavy atom. The number of benzene rings is 1. The van der Waals surface area contributed by atoms with Crippen LogP contribution < -0.4 is 10.1 Å². The van der Waals surface area contributed by atoms with Crippen LogP contribution in [-0.2, 0) is 6.54 Å². The predicted octanol–water partition coefficient (Wildman–Crippen LogP) is 1.35. The molecule has 1 aromatic carbocycles. The van der Waals surface area contributed by atoms with Crippen molar-refractivity contribution in [3.63, 3.8) is 0 Å². The average Bonchev–Trinajstić information content (AvgIpc) is 2.99. The Kier molecular flexibility index (Phi) is 6.46. The highest BCUT2D eigenvalue weighted by Gasteiger charge is 2.06. The van der Waals surface area contributed by atoms with E-state index in [4.69, 9.17) is 16.3 Å². The predicted molar refractivity (Wildman–Crippen MR) is 80.5 cm³/mol. The van der Waals surface area contributed by atoms with E-state index in [-0.39, 0.29) is 6.61 Å². The molecule has 0 saturated carbocycles. The van der Waals surface area contributed by atoms with E-state index in [0.29, 0.717) is 17.3 Å². The van der Waals surface area contributed by atoms with E-state index in [9.17, 15) is 5.11 Å². The van der Waals surface area contributed by atoms with Crippen LogP contribution >= 0.6 is 11.6 Å². The minimum absolute atomic E-state index is 0.208. The Labute approximate surface area is 128 Å². The number of aromatic nitrogens is 3. The van der Waals surface area contributed by atoms with Crippen molar-refractivity contribution in [2.24, 2.45) is 0 Å². The van der Waals surface area contributed by atoms with Gasteiger partial charge in [-0.25, -0.2) is 0 Å². The van der Waals surface area contributed by atoms with Gasteiger partial charge in [-0.2, -0.15) is 0 Å². The molecule has 2 aromatic rings. The zero-order valence-electron chi connectivity index (χ0n) is 11.7. The Balaban J connectivity index is 1.55. The maximum Gasteiger partial charge on any atom is 0.138 e. The van der Waals surface area contributed by atoms with Gasteiger partial charge in [-0.3, -0.25) is 4.68 Å². The van der Waals surface area contributed by atoms with Gasteiger partial charge in [0, 0.05) is 19.3 Å². The lowest BCUT2D eigenvalue weighted by atomic mass is 10.3. The Bertz CT molecular complexity index is 521. The fraction of sp³-hybridized carbons (Fsp3) is 0.429. The second-order valence-electron chi connectivity index (χ2n) is 4.62. The normalized spacial score (nSPS) is 12.3. The molecule has 0 radical (unpaired) electrons. The van der Waals surface area contributed by atoms with Gasteiger partial charge in [-0.15, -0.1) is 5.10 Å². The number of rotatable bonds is 9. The smallest absolute Gasteiger partial charge is 0.138 e. The maximum absolute atomic E-state index is 9.83. The standard InChI is InChI=1S/C14H19ClN4O2/c15-13-4-1-2-5-14(13)21-11-12(20)10-16-6-3-8-19-9-7-17-18-19/h1-2,4-5,7,9,12,16,20H,3,6,8,10-11H2. The van der Waals surface area contributed by atoms with E-state index < -0.39 is 6.10 Å². The number of aryl methyl sites for hydroxylation is 1. The monoisotopic (exact) mass is 310 g/mol. The van der Waals surface area contributed by atoms with Crippen molar-refractivity contribution in [3.8, 4) is 5.75 Å². The Hall–Kier alpha value is -1.63. The van der Waals surface area contributed by atoms with Gasteiger partial charge in [0.05, 0.1) is 11.2 Å². The molecule has 0 aliphatic rings. The SMILES string of the molecule is OC(CNCCCn1ccnn1)COc1ccccc1Cl. The minimum atomic E-state index is -0.576. The second kappa shape index (κ2) is 8.61. The van der Waals surface area contributed by atoms with Crippen molar-refractivity contribution < 1.29 is 9.84 Å². The van der Waals surface area contributed by atoms with Gasteiger partial charge in [0.2, 0.25) is 0 Å². The molecule has 6 nitrogen and oxygen atoms in total. The van der Waals surface area contributed by atoms with Gasteiger partial charge in [0.1, 0.15) is 18.5 Å². The first kappa shape index (κ1) is 15.8. The van der Waals surface area contributed by atoms with Crippen LogP contribution in [0, 0.1) is 0 Å². The molecule has 0 aliphatic carbocycles. The van der Waals surface area contributed by atoms with Crippen LogP contribution in [0.2, 0.25) is 5.02 Å². The first-order valence-corrected chi connectivity index (χ1v) is 7.23. The summed E-state index contributed by atoms with van der Waals surface area (Å²) in [5.41, 5.74) is 0. The molecule has 2 rings (SSSR count). The lowest BCUT2D eigenvalue weighted by Gasteiger charge is -2.14. The summed E-state index contributed by atoms with van der Waals surface area (Å²) >= 11 is 5.97. The third kappa shape index (κ3) is 5.71. The van der Waals surface area contributed by atoms with Crippen LogP contribution in [0.3, 0.4) is 0 Å². The Morgan fingerprint density at radius 1 is 1.38 bits per heavy atom. The summed E-state index contributed by atoms with van der Waals surface area (Å²) in [4.78, 5) is 0. The molecular formula is C14H19ClN4O2. The first-order valence-electron chi connectivity index (χ1n) is 6.86. The molecule has 1 atom stereocenters. The molecule has 1 aromatic heterocycles. The number of halogens is 1. The van der Waals surface area contributed by atoms with Gasteiger partial charge in [-0.1, -0.05) is 28.9 Å². The maximum atomic E-state index is 9.83. The van der Waals surface area contributed by atoms with Gasteiger partial charge in [-0.05, 0) is 25.1 Å². The first-order chi connectivity index (χ1) is 10.3. The summed E-state index contributed by atoms with van der Waals surface area (Å²) in [7, 11) is 0. The number of nitrogens with zero attached hydrogens (tertiary/aromatic N) is 3. The number of aliphatic hydroxyl groups excluding tert-OH is 1. The molecule has 2 N–H and O–H groups in total. The summed E-state index contributed by atoms with van der Waals surface area (Å²) in [6.07, 6.45) is 3.82. The number of ether oxygens (including phenoxy) is 1. The average molecular weight is 311 g/mol. The van der Waals surface area contributed by atoms with Gasteiger partial charge in [0.25, 0.3) is 0 Å². The van der Waals surface area contributed by atoms with E-state index in [1.807, 2.05) is 18.3 Å². The van der Waals surface area contributed by atoms with Crippen LogP contribution in [0.15, 0.2) is 36.7 Å². The summed E-state index contributed by atoms with van der Waals surface area (Å²) in [6, 6.07) is 7.21. The Morgan fingerprint density at radius 2 is 2.24 bits per heavy atom. The summed E-state index contributed by atoms with van der Waals surface area (Å²) < 4.78 is 7.25. The van der Waals surface area contributed by atoms with Crippen LogP contribution in [0.4, 0.5) is 0 Å². The quantitative estimate of drug-likeness (QED) is 0.684. The minimum Gasteiger partial charge on any atom is -0.489 e. The molecule has 7 heteroatoms. The number of para-hydroxylation sites is 1. The summed E-state index contributed by atoms with van der Waals surface area (Å²) in [6.45, 7) is 2.28. The van der Waals surface area contributed by atoms with Gasteiger partial charge < -0.3 is 15.2 Å². The zero-order valence-corrected chi connectivity index (χ0v) is 12.4. The number of aliphatic hydroxyl groups is 1. The molecule has 1 heterocycles.